The number of rotatable bonds is 13. The van der Waals surface area contributed by atoms with Gasteiger partial charge in [-0.1, -0.05) is 62.4 Å². The van der Waals surface area contributed by atoms with Crippen LogP contribution >= 0.6 is 7.60 Å². The minimum absolute atomic E-state index is 0.00656. The third-order valence-corrected chi connectivity index (χ3v) is 7.04. The average molecular weight is 506 g/mol. The lowest BCUT2D eigenvalue weighted by Crippen LogP contribution is -2.53. The molecule has 0 radical (unpaired) electrons. The van der Waals surface area contributed by atoms with Crippen molar-refractivity contribution < 1.29 is 29.0 Å². The van der Waals surface area contributed by atoms with Crippen LogP contribution < -0.4 is 16.0 Å². The van der Waals surface area contributed by atoms with Gasteiger partial charge in [-0.05, 0) is 36.9 Å². The molecule has 0 saturated carbocycles. The zero-order chi connectivity index (χ0) is 26.0. The summed E-state index contributed by atoms with van der Waals surface area (Å²) in [7, 11) is -3.06. The molecular formula is C25H36N3O6P. The summed E-state index contributed by atoms with van der Waals surface area (Å²) < 4.78 is 12.1. The SMILES string of the molecule is CNC(=O)[C@H](Cc1ccccc1)NC(=O)[C@H](CC(C)C)NCCC(c1ccccc1O)P(=O)(O)O. The normalized spacial score (nSPS) is 14.2. The van der Waals surface area contributed by atoms with E-state index in [2.05, 4.69) is 16.0 Å². The van der Waals surface area contributed by atoms with Crippen molar-refractivity contribution >= 4 is 19.4 Å². The monoisotopic (exact) mass is 505 g/mol. The van der Waals surface area contributed by atoms with Crippen LogP contribution in [0.2, 0.25) is 0 Å². The third kappa shape index (κ3) is 9.11. The Morgan fingerprint density at radius 1 is 0.943 bits per heavy atom. The summed E-state index contributed by atoms with van der Waals surface area (Å²) in [6, 6.07) is 14.0. The van der Waals surface area contributed by atoms with Crippen molar-refractivity contribution in [1.82, 2.24) is 16.0 Å². The summed E-state index contributed by atoms with van der Waals surface area (Å²) in [6.07, 6.45) is 0.801. The Morgan fingerprint density at radius 3 is 2.14 bits per heavy atom. The van der Waals surface area contributed by atoms with Crippen LogP contribution in [-0.2, 0) is 20.6 Å². The van der Waals surface area contributed by atoms with E-state index in [1.165, 1.54) is 19.2 Å². The summed E-state index contributed by atoms with van der Waals surface area (Å²) in [5.74, 6) is -0.710. The molecule has 0 heterocycles. The number of likely N-dealkylation sites (N-methyl/N-ethyl adjacent to an activating group) is 1. The van der Waals surface area contributed by atoms with Crippen molar-refractivity contribution in [3.8, 4) is 5.75 Å². The number of para-hydroxylation sites is 1. The van der Waals surface area contributed by atoms with Crippen molar-refractivity contribution in [2.24, 2.45) is 5.92 Å². The van der Waals surface area contributed by atoms with E-state index in [-0.39, 0.29) is 42.0 Å². The van der Waals surface area contributed by atoms with Gasteiger partial charge in [0.2, 0.25) is 11.8 Å². The van der Waals surface area contributed by atoms with E-state index in [4.69, 9.17) is 0 Å². The van der Waals surface area contributed by atoms with Crippen LogP contribution in [0.1, 0.15) is 43.5 Å². The second-order valence-corrected chi connectivity index (χ2v) is 10.8. The Labute approximate surface area is 206 Å². The van der Waals surface area contributed by atoms with Crippen LogP contribution in [0.5, 0.6) is 5.75 Å². The Bertz CT molecular complexity index is 1010. The van der Waals surface area contributed by atoms with Gasteiger partial charge in [-0.15, -0.1) is 0 Å². The summed E-state index contributed by atoms with van der Waals surface area (Å²) in [5, 5.41) is 18.6. The number of hydrogen-bond acceptors (Lipinski definition) is 5. The lowest BCUT2D eigenvalue weighted by atomic mass is 10.0. The van der Waals surface area contributed by atoms with Gasteiger partial charge in [-0.25, -0.2) is 0 Å². The molecule has 35 heavy (non-hydrogen) atoms. The molecule has 0 aliphatic heterocycles. The van der Waals surface area contributed by atoms with E-state index in [0.29, 0.717) is 12.8 Å². The fourth-order valence-electron chi connectivity index (χ4n) is 3.93. The zero-order valence-electron chi connectivity index (χ0n) is 20.3. The predicted octanol–water partition coefficient (Wildman–Crippen LogP) is 2.48. The van der Waals surface area contributed by atoms with Crippen LogP contribution in [0, 0.1) is 5.92 Å². The minimum atomic E-state index is -4.57. The first kappa shape index (κ1) is 28.5. The second kappa shape index (κ2) is 13.4. The van der Waals surface area contributed by atoms with E-state index in [1.807, 2.05) is 44.2 Å². The highest BCUT2D eigenvalue weighted by molar-refractivity contribution is 7.52. The van der Waals surface area contributed by atoms with Crippen LogP contribution in [0.4, 0.5) is 0 Å². The number of nitrogens with one attached hydrogen (secondary N) is 3. The molecule has 0 aliphatic carbocycles. The van der Waals surface area contributed by atoms with Crippen molar-refractivity contribution in [2.75, 3.05) is 13.6 Å². The van der Waals surface area contributed by atoms with Crippen molar-refractivity contribution in [3.05, 3.63) is 65.7 Å². The number of hydrogen-bond donors (Lipinski definition) is 6. The molecule has 3 atom stereocenters. The molecule has 2 aromatic rings. The van der Waals surface area contributed by atoms with Gasteiger partial charge in [0.1, 0.15) is 11.8 Å². The van der Waals surface area contributed by atoms with Crippen molar-refractivity contribution in [3.63, 3.8) is 0 Å². The molecule has 6 N–H and O–H groups in total. The van der Waals surface area contributed by atoms with Gasteiger partial charge >= 0.3 is 7.60 Å². The number of carbonyl (C=O) groups is 2. The molecule has 0 saturated heterocycles. The molecule has 0 spiro atoms. The summed E-state index contributed by atoms with van der Waals surface area (Å²) in [6.45, 7) is 4.05. The van der Waals surface area contributed by atoms with E-state index < -0.39 is 25.3 Å². The Balaban J connectivity index is 2.11. The fourth-order valence-corrected chi connectivity index (χ4v) is 4.97. The van der Waals surface area contributed by atoms with E-state index >= 15 is 0 Å². The summed E-state index contributed by atoms with van der Waals surface area (Å²) in [5.41, 5.74) is -0.146. The molecule has 0 bridgehead atoms. The van der Waals surface area contributed by atoms with Crippen molar-refractivity contribution in [2.45, 2.75) is 50.9 Å². The van der Waals surface area contributed by atoms with Gasteiger partial charge in [0.05, 0.1) is 11.7 Å². The molecule has 9 nitrogen and oxygen atoms in total. The third-order valence-electron chi connectivity index (χ3n) is 5.70. The Kier molecular flexibility index (Phi) is 10.9. The van der Waals surface area contributed by atoms with Crippen LogP contribution in [-0.4, -0.2) is 52.4 Å². The van der Waals surface area contributed by atoms with Gasteiger partial charge in [0.15, 0.2) is 0 Å². The molecule has 2 rings (SSSR count). The number of aromatic hydroxyl groups is 1. The maximum Gasteiger partial charge on any atom is 0.333 e. The molecule has 2 amide bonds. The topological polar surface area (TPSA) is 148 Å². The smallest absolute Gasteiger partial charge is 0.333 e. The molecule has 0 aliphatic rings. The number of amides is 2. The predicted molar refractivity (Wildman–Crippen MR) is 135 cm³/mol. The standard InChI is InChI=1S/C25H36N3O6P/c1-17(2)15-20(25(31)28-21(24(30)26-3)16-18-9-5-4-6-10-18)27-14-13-23(35(32,33)34)19-11-7-8-12-22(19)29/h4-12,17,20-21,23,27,29H,13-16H2,1-3H3,(H,26,30)(H,28,31)(H2,32,33,34)/t20-,21-,23?/m0/s1. The first-order chi connectivity index (χ1) is 16.5. The van der Waals surface area contributed by atoms with Crippen molar-refractivity contribution in [1.29, 1.82) is 0 Å². The van der Waals surface area contributed by atoms with E-state index in [1.54, 1.807) is 12.1 Å². The zero-order valence-corrected chi connectivity index (χ0v) is 21.2. The first-order valence-corrected chi connectivity index (χ1v) is 13.3. The molecule has 192 valence electrons. The maximum atomic E-state index is 13.1. The Morgan fingerprint density at radius 2 is 1.57 bits per heavy atom. The first-order valence-electron chi connectivity index (χ1n) is 11.6. The Hall–Kier alpha value is -2.71. The van der Waals surface area contributed by atoms with Gasteiger partial charge in [-0.2, -0.15) is 0 Å². The molecule has 1 unspecified atom stereocenters. The average Bonchev–Trinajstić information content (AvgIpc) is 2.80. The highest BCUT2D eigenvalue weighted by atomic mass is 31.2. The van der Waals surface area contributed by atoms with Gasteiger partial charge in [-0.3, -0.25) is 14.2 Å². The highest BCUT2D eigenvalue weighted by Gasteiger charge is 2.33. The summed E-state index contributed by atoms with van der Waals surface area (Å²) in [4.78, 5) is 45.3. The number of benzene rings is 2. The molecular weight excluding hydrogens is 469 g/mol. The largest absolute Gasteiger partial charge is 0.508 e. The quantitative estimate of drug-likeness (QED) is 0.229. The van der Waals surface area contributed by atoms with E-state index in [0.717, 1.165) is 5.56 Å². The number of phenolic OH excluding ortho intramolecular Hbond substituents is 1. The second-order valence-electron chi connectivity index (χ2n) is 8.95. The summed E-state index contributed by atoms with van der Waals surface area (Å²) >= 11 is 0. The van der Waals surface area contributed by atoms with Crippen LogP contribution in [0.3, 0.4) is 0 Å². The molecule has 0 aromatic heterocycles. The highest BCUT2D eigenvalue weighted by Crippen LogP contribution is 2.55. The number of phenols is 1. The minimum Gasteiger partial charge on any atom is -0.508 e. The lowest BCUT2D eigenvalue weighted by Gasteiger charge is -2.25. The molecule has 10 heteroatoms. The van der Waals surface area contributed by atoms with Crippen LogP contribution in [0.25, 0.3) is 0 Å². The molecule has 2 aromatic carbocycles. The van der Waals surface area contributed by atoms with Crippen LogP contribution in [0.15, 0.2) is 54.6 Å². The lowest BCUT2D eigenvalue weighted by molar-refractivity contribution is -0.130. The van der Waals surface area contributed by atoms with E-state index in [9.17, 15) is 29.0 Å². The maximum absolute atomic E-state index is 13.1. The van der Waals surface area contributed by atoms with Gasteiger partial charge in [0.25, 0.3) is 0 Å². The van der Waals surface area contributed by atoms with Gasteiger partial charge in [0, 0.05) is 19.0 Å². The fraction of sp³-hybridized carbons (Fsp3) is 0.440. The number of carbonyl (C=O) groups excluding carboxylic acids is 2. The molecule has 0 fully saturated rings. The van der Waals surface area contributed by atoms with Gasteiger partial charge < -0.3 is 30.8 Å².